The van der Waals surface area contributed by atoms with E-state index >= 15 is 0 Å². The molecule has 2 aromatic carbocycles. The zero-order valence-corrected chi connectivity index (χ0v) is 16.2. The van der Waals surface area contributed by atoms with Gasteiger partial charge in [0.25, 0.3) is 5.91 Å². The summed E-state index contributed by atoms with van der Waals surface area (Å²) in [6.45, 7) is 0. The molecule has 2 aromatic heterocycles. The fourth-order valence-electron chi connectivity index (χ4n) is 2.97. The lowest BCUT2D eigenvalue weighted by molar-refractivity contribution is 0.0370. The van der Waals surface area contributed by atoms with E-state index in [1.54, 1.807) is 60.8 Å². The number of pyridine rings is 1. The molecule has 154 valence electrons. The van der Waals surface area contributed by atoms with Gasteiger partial charge in [-0.1, -0.05) is 18.2 Å². The number of rotatable bonds is 6. The van der Waals surface area contributed by atoms with Gasteiger partial charge in [-0.2, -0.15) is 0 Å². The van der Waals surface area contributed by atoms with E-state index in [1.165, 1.54) is 30.5 Å². The summed E-state index contributed by atoms with van der Waals surface area (Å²) < 4.78 is 24.5. The molecule has 0 saturated carbocycles. The summed E-state index contributed by atoms with van der Waals surface area (Å²) in [5, 5.41) is 2.67. The highest BCUT2D eigenvalue weighted by Crippen LogP contribution is 2.26. The van der Waals surface area contributed by atoms with E-state index in [1.807, 2.05) is 0 Å². The number of aromatic nitrogens is 1. The van der Waals surface area contributed by atoms with Crippen molar-refractivity contribution < 1.29 is 23.1 Å². The number of hydrogen-bond acceptors (Lipinski definition) is 5. The van der Waals surface area contributed by atoms with Crippen LogP contribution in [0.5, 0.6) is 0 Å². The number of hydrogen-bond donors (Lipinski definition) is 1. The molecule has 1 atom stereocenters. The molecule has 4 rings (SSSR count). The van der Waals surface area contributed by atoms with Crippen LogP contribution >= 0.6 is 0 Å². The smallest absolute Gasteiger partial charge is 0.339 e. The predicted molar refractivity (Wildman–Crippen MR) is 111 cm³/mol. The number of furan rings is 1. The number of esters is 1. The molecule has 0 spiro atoms. The van der Waals surface area contributed by atoms with Crippen molar-refractivity contribution in [1.29, 1.82) is 0 Å². The Kier molecular flexibility index (Phi) is 5.84. The molecule has 0 radical (unpaired) electrons. The van der Waals surface area contributed by atoms with Crippen LogP contribution in [0.4, 0.5) is 10.1 Å². The van der Waals surface area contributed by atoms with Crippen molar-refractivity contribution >= 4 is 17.6 Å². The van der Waals surface area contributed by atoms with Gasteiger partial charge in [0.1, 0.15) is 5.82 Å². The lowest BCUT2D eigenvalue weighted by Gasteiger charge is -2.18. The number of benzene rings is 2. The van der Waals surface area contributed by atoms with E-state index in [4.69, 9.17) is 9.15 Å². The highest BCUT2D eigenvalue weighted by atomic mass is 19.1. The van der Waals surface area contributed by atoms with Crippen LogP contribution in [0.2, 0.25) is 0 Å². The lowest BCUT2D eigenvalue weighted by Crippen LogP contribution is -2.15. The number of amides is 1. The first-order chi connectivity index (χ1) is 15.1. The van der Waals surface area contributed by atoms with Crippen LogP contribution in [0.25, 0.3) is 0 Å². The molecule has 0 saturated heterocycles. The predicted octanol–water partition coefficient (Wildman–Crippen LogP) is 5.01. The van der Waals surface area contributed by atoms with Gasteiger partial charge in [0.05, 0.1) is 17.5 Å². The lowest BCUT2D eigenvalue weighted by atomic mass is 10.1. The highest BCUT2D eigenvalue weighted by Gasteiger charge is 2.22. The van der Waals surface area contributed by atoms with Gasteiger partial charge in [-0.3, -0.25) is 9.78 Å². The molecule has 6 nitrogen and oxygen atoms in total. The standard InChI is InChI=1S/C24H17FN2O4/c25-18-6-3-5-17(15-18)22(20-7-1-2-13-26-20)31-24(29)16-9-11-19(12-10-16)27-23(28)21-8-4-14-30-21/h1-15,22H,(H,27,28). The number of nitrogens with zero attached hydrogens (tertiary/aromatic N) is 1. The number of halogens is 1. The Labute approximate surface area is 177 Å². The van der Waals surface area contributed by atoms with Crippen LogP contribution in [0.15, 0.2) is 95.7 Å². The van der Waals surface area contributed by atoms with Gasteiger partial charge >= 0.3 is 5.97 Å². The Hall–Kier alpha value is -4.26. The summed E-state index contributed by atoms with van der Waals surface area (Å²) in [7, 11) is 0. The topological polar surface area (TPSA) is 81.4 Å². The average Bonchev–Trinajstić information content (AvgIpc) is 3.34. The maximum absolute atomic E-state index is 13.8. The highest BCUT2D eigenvalue weighted by molar-refractivity contribution is 6.02. The molecule has 1 unspecified atom stereocenters. The molecule has 7 heteroatoms. The van der Waals surface area contributed by atoms with E-state index in [0.717, 1.165) is 0 Å². The summed E-state index contributed by atoms with van der Waals surface area (Å²) in [6.07, 6.45) is 2.11. The van der Waals surface area contributed by atoms with Crippen molar-refractivity contribution in [2.45, 2.75) is 6.10 Å². The van der Waals surface area contributed by atoms with E-state index in [-0.39, 0.29) is 11.3 Å². The largest absolute Gasteiger partial charge is 0.459 e. The number of nitrogens with one attached hydrogen (secondary N) is 1. The van der Waals surface area contributed by atoms with E-state index in [2.05, 4.69) is 10.3 Å². The molecule has 31 heavy (non-hydrogen) atoms. The molecule has 1 amide bonds. The number of carbonyl (C=O) groups is 2. The number of carbonyl (C=O) groups excluding carboxylic acids is 2. The third-order valence-electron chi connectivity index (χ3n) is 4.46. The van der Waals surface area contributed by atoms with Crippen molar-refractivity contribution in [3.05, 3.63) is 120 Å². The maximum atomic E-state index is 13.8. The minimum atomic E-state index is -0.872. The summed E-state index contributed by atoms with van der Waals surface area (Å²) in [5.41, 5.74) is 1.70. The van der Waals surface area contributed by atoms with Crippen LogP contribution in [-0.4, -0.2) is 16.9 Å². The Morgan fingerprint density at radius 3 is 2.48 bits per heavy atom. The molecule has 0 aliphatic heterocycles. The summed E-state index contributed by atoms with van der Waals surface area (Å²) in [5.74, 6) is -1.27. The van der Waals surface area contributed by atoms with E-state index < -0.39 is 23.8 Å². The molecule has 0 fully saturated rings. The van der Waals surface area contributed by atoms with Gasteiger partial charge in [-0.05, 0) is 60.7 Å². The average molecular weight is 416 g/mol. The minimum Gasteiger partial charge on any atom is -0.459 e. The first-order valence-corrected chi connectivity index (χ1v) is 9.42. The van der Waals surface area contributed by atoms with Gasteiger partial charge in [0.2, 0.25) is 0 Å². The Morgan fingerprint density at radius 2 is 1.81 bits per heavy atom. The molecule has 1 N–H and O–H groups in total. The van der Waals surface area contributed by atoms with Crippen molar-refractivity contribution in [3.63, 3.8) is 0 Å². The molecular weight excluding hydrogens is 399 g/mol. The zero-order chi connectivity index (χ0) is 21.6. The van der Waals surface area contributed by atoms with Gasteiger partial charge in [-0.15, -0.1) is 0 Å². The quantitative estimate of drug-likeness (QED) is 0.447. The first-order valence-electron chi connectivity index (χ1n) is 9.42. The van der Waals surface area contributed by atoms with Crippen molar-refractivity contribution in [3.8, 4) is 0 Å². The SMILES string of the molecule is O=C(OC(c1cccc(F)c1)c1ccccn1)c1ccc(NC(=O)c2ccco2)cc1. The van der Waals surface area contributed by atoms with Crippen LogP contribution in [0.3, 0.4) is 0 Å². The Bertz CT molecular complexity index is 1180. The van der Waals surface area contributed by atoms with Gasteiger partial charge in [-0.25, -0.2) is 9.18 Å². The molecule has 4 aromatic rings. The number of ether oxygens (including phenoxy) is 1. The Morgan fingerprint density at radius 1 is 0.968 bits per heavy atom. The second-order valence-electron chi connectivity index (χ2n) is 6.60. The van der Waals surface area contributed by atoms with Crippen LogP contribution < -0.4 is 5.32 Å². The fraction of sp³-hybridized carbons (Fsp3) is 0.0417. The van der Waals surface area contributed by atoms with Crippen LogP contribution in [0, 0.1) is 5.82 Å². The number of anilines is 1. The molecule has 0 aliphatic carbocycles. The molecule has 2 heterocycles. The normalized spacial score (nSPS) is 11.5. The third-order valence-corrected chi connectivity index (χ3v) is 4.46. The summed E-state index contributed by atoms with van der Waals surface area (Å²) in [6, 6.07) is 20.4. The first kappa shape index (κ1) is 20.0. The molecule has 0 aliphatic rings. The van der Waals surface area contributed by atoms with Crippen LogP contribution in [-0.2, 0) is 4.74 Å². The van der Waals surface area contributed by atoms with Gasteiger partial charge in [0.15, 0.2) is 11.9 Å². The second-order valence-corrected chi connectivity index (χ2v) is 6.60. The van der Waals surface area contributed by atoms with Crippen molar-refractivity contribution in [2.24, 2.45) is 0 Å². The maximum Gasteiger partial charge on any atom is 0.339 e. The van der Waals surface area contributed by atoms with Crippen molar-refractivity contribution in [1.82, 2.24) is 4.98 Å². The second kappa shape index (κ2) is 9.04. The minimum absolute atomic E-state index is 0.178. The fourth-order valence-corrected chi connectivity index (χ4v) is 2.97. The summed E-state index contributed by atoms with van der Waals surface area (Å²) >= 11 is 0. The third kappa shape index (κ3) is 4.84. The van der Waals surface area contributed by atoms with E-state index in [0.29, 0.717) is 16.9 Å². The molecular formula is C24H17FN2O4. The summed E-state index contributed by atoms with van der Waals surface area (Å²) in [4.78, 5) is 29.1. The molecule has 0 bridgehead atoms. The zero-order valence-electron chi connectivity index (χ0n) is 16.2. The van der Waals surface area contributed by atoms with Crippen molar-refractivity contribution in [2.75, 3.05) is 5.32 Å². The van der Waals surface area contributed by atoms with Gasteiger partial charge in [0, 0.05) is 17.4 Å². The monoisotopic (exact) mass is 416 g/mol. The Balaban J connectivity index is 1.51. The van der Waals surface area contributed by atoms with Gasteiger partial charge < -0.3 is 14.5 Å². The van der Waals surface area contributed by atoms with E-state index in [9.17, 15) is 14.0 Å². The van der Waals surface area contributed by atoms with Crippen LogP contribution in [0.1, 0.15) is 38.3 Å².